The van der Waals surface area contributed by atoms with E-state index in [2.05, 4.69) is 26.6 Å². The summed E-state index contributed by atoms with van der Waals surface area (Å²) in [5.41, 5.74) is 3.74. The van der Waals surface area contributed by atoms with E-state index in [1.807, 2.05) is 63.4 Å². The molecule has 2 aromatic rings. The van der Waals surface area contributed by atoms with Gasteiger partial charge in [-0.25, -0.2) is 0 Å². The third-order valence-electron chi connectivity index (χ3n) is 3.72. The minimum atomic E-state index is -0.128. The molecule has 1 unspecified atom stereocenters. The standard InChI is InChI=1S/C19H22BrN3O2/c1-13-4-7-15(8-5-13)21-18(24)11-23(3)12-19(25)22-16-9-6-14(2)17(20)10-16/h4-10H,11-12H2,1-3H3,(H,21,24)(H,22,25)/p+1. The molecule has 0 aliphatic carbocycles. The van der Waals surface area contributed by atoms with Gasteiger partial charge in [-0.15, -0.1) is 0 Å². The van der Waals surface area contributed by atoms with Gasteiger partial charge in [-0.05, 0) is 43.7 Å². The second-order valence-corrected chi connectivity index (χ2v) is 7.09. The number of amides is 2. The summed E-state index contributed by atoms with van der Waals surface area (Å²) in [6, 6.07) is 13.3. The zero-order chi connectivity index (χ0) is 18.4. The maximum absolute atomic E-state index is 12.1. The molecular formula is C19H23BrN3O2+. The molecule has 0 heterocycles. The molecule has 25 heavy (non-hydrogen) atoms. The van der Waals surface area contributed by atoms with Gasteiger partial charge in [-0.3, -0.25) is 9.59 Å². The second-order valence-electron chi connectivity index (χ2n) is 6.24. The molecule has 2 aromatic carbocycles. The molecule has 0 aliphatic heterocycles. The molecule has 5 nitrogen and oxygen atoms in total. The zero-order valence-electron chi connectivity index (χ0n) is 14.7. The van der Waals surface area contributed by atoms with Crippen LogP contribution in [0.5, 0.6) is 0 Å². The molecule has 6 heteroatoms. The Balaban J connectivity index is 1.81. The van der Waals surface area contributed by atoms with Crippen LogP contribution in [0.15, 0.2) is 46.9 Å². The van der Waals surface area contributed by atoms with E-state index in [0.717, 1.165) is 31.9 Å². The lowest BCUT2D eigenvalue weighted by molar-refractivity contribution is -0.862. The van der Waals surface area contributed by atoms with Gasteiger partial charge < -0.3 is 15.5 Å². The van der Waals surface area contributed by atoms with E-state index in [1.54, 1.807) is 0 Å². The number of aryl methyl sites for hydroxylation is 2. The van der Waals surface area contributed by atoms with E-state index in [9.17, 15) is 9.59 Å². The van der Waals surface area contributed by atoms with Gasteiger partial charge >= 0.3 is 0 Å². The van der Waals surface area contributed by atoms with E-state index < -0.39 is 0 Å². The highest BCUT2D eigenvalue weighted by atomic mass is 79.9. The molecule has 0 aliphatic rings. The second kappa shape index (κ2) is 8.78. The molecule has 0 saturated carbocycles. The summed E-state index contributed by atoms with van der Waals surface area (Å²) in [5.74, 6) is -0.247. The van der Waals surface area contributed by atoms with Crippen LogP contribution in [0.1, 0.15) is 11.1 Å². The first-order valence-electron chi connectivity index (χ1n) is 8.07. The molecule has 0 fully saturated rings. The summed E-state index contributed by atoms with van der Waals surface area (Å²) in [6.07, 6.45) is 0. The van der Waals surface area contributed by atoms with Crippen LogP contribution in [0.3, 0.4) is 0 Å². The van der Waals surface area contributed by atoms with Crippen molar-refractivity contribution in [1.82, 2.24) is 0 Å². The smallest absolute Gasteiger partial charge is 0.279 e. The zero-order valence-corrected chi connectivity index (χ0v) is 16.2. The number of quaternary nitrogens is 1. The molecular weight excluding hydrogens is 382 g/mol. The van der Waals surface area contributed by atoms with Crippen LogP contribution in [-0.2, 0) is 9.59 Å². The fourth-order valence-electron chi connectivity index (χ4n) is 2.33. The number of hydrogen-bond acceptors (Lipinski definition) is 2. The summed E-state index contributed by atoms with van der Waals surface area (Å²) < 4.78 is 0.948. The number of benzene rings is 2. The largest absolute Gasteiger partial charge is 0.322 e. The molecule has 0 aromatic heterocycles. The maximum atomic E-state index is 12.1. The van der Waals surface area contributed by atoms with Gasteiger partial charge in [0.05, 0.1) is 7.05 Å². The molecule has 2 rings (SSSR count). The molecule has 0 saturated heterocycles. The first-order valence-corrected chi connectivity index (χ1v) is 8.86. The SMILES string of the molecule is Cc1ccc(NC(=O)C[NH+](C)CC(=O)Nc2ccc(C)c(Br)c2)cc1. The lowest BCUT2D eigenvalue weighted by atomic mass is 10.2. The van der Waals surface area contributed by atoms with Crippen LogP contribution in [0.4, 0.5) is 11.4 Å². The van der Waals surface area contributed by atoms with E-state index in [-0.39, 0.29) is 24.9 Å². The van der Waals surface area contributed by atoms with Gasteiger partial charge in [-0.1, -0.05) is 39.7 Å². The Morgan fingerprint density at radius 3 is 2.00 bits per heavy atom. The Hall–Kier alpha value is -2.18. The Kier molecular flexibility index (Phi) is 6.73. The summed E-state index contributed by atoms with van der Waals surface area (Å²) in [4.78, 5) is 25.0. The van der Waals surface area contributed by atoms with Gasteiger partial charge in [0.1, 0.15) is 0 Å². The van der Waals surface area contributed by atoms with Crippen molar-refractivity contribution in [3.05, 3.63) is 58.1 Å². The maximum Gasteiger partial charge on any atom is 0.279 e. The van der Waals surface area contributed by atoms with Crippen LogP contribution in [-0.4, -0.2) is 32.0 Å². The molecule has 2 amide bonds. The third kappa shape index (κ3) is 6.32. The van der Waals surface area contributed by atoms with E-state index >= 15 is 0 Å². The number of rotatable bonds is 6. The van der Waals surface area contributed by atoms with Crippen molar-refractivity contribution in [3.8, 4) is 0 Å². The molecule has 0 spiro atoms. The average molecular weight is 405 g/mol. The summed E-state index contributed by atoms with van der Waals surface area (Å²) in [5, 5.41) is 5.69. The Labute approximate surface area is 156 Å². The van der Waals surface area contributed by atoms with Crippen LogP contribution in [0.25, 0.3) is 0 Å². The van der Waals surface area contributed by atoms with E-state index in [0.29, 0.717) is 0 Å². The average Bonchev–Trinajstić information content (AvgIpc) is 2.52. The lowest BCUT2D eigenvalue weighted by Crippen LogP contribution is -3.11. The van der Waals surface area contributed by atoms with Gasteiger partial charge in [0, 0.05) is 15.8 Å². The van der Waals surface area contributed by atoms with Gasteiger partial charge in [0.2, 0.25) is 0 Å². The van der Waals surface area contributed by atoms with Crippen LogP contribution in [0.2, 0.25) is 0 Å². The monoisotopic (exact) mass is 404 g/mol. The molecule has 1 atom stereocenters. The number of carbonyl (C=O) groups excluding carboxylic acids is 2. The molecule has 0 radical (unpaired) electrons. The quantitative estimate of drug-likeness (QED) is 0.690. The number of hydrogen-bond donors (Lipinski definition) is 3. The third-order valence-corrected chi connectivity index (χ3v) is 4.57. The molecule has 3 N–H and O–H groups in total. The van der Waals surface area contributed by atoms with Crippen molar-refractivity contribution in [2.24, 2.45) is 0 Å². The topological polar surface area (TPSA) is 62.6 Å². The minimum absolute atomic E-state index is 0.118. The van der Waals surface area contributed by atoms with Crippen molar-refractivity contribution in [2.45, 2.75) is 13.8 Å². The van der Waals surface area contributed by atoms with Crippen LogP contribution in [0, 0.1) is 13.8 Å². The first-order chi connectivity index (χ1) is 11.8. The highest BCUT2D eigenvalue weighted by Gasteiger charge is 2.14. The van der Waals surface area contributed by atoms with Crippen molar-refractivity contribution < 1.29 is 14.5 Å². The van der Waals surface area contributed by atoms with Gasteiger partial charge in [0.15, 0.2) is 13.1 Å². The number of nitrogens with one attached hydrogen (secondary N) is 3. The Morgan fingerprint density at radius 2 is 1.44 bits per heavy atom. The fourth-order valence-corrected chi connectivity index (χ4v) is 2.71. The number of carbonyl (C=O) groups is 2. The number of likely N-dealkylation sites (N-methyl/N-ethyl adjacent to an activating group) is 1. The lowest BCUT2D eigenvalue weighted by Gasteiger charge is -2.14. The highest BCUT2D eigenvalue weighted by Crippen LogP contribution is 2.20. The molecule has 0 bridgehead atoms. The van der Waals surface area contributed by atoms with Crippen molar-refractivity contribution in [1.29, 1.82) is 0 Å². The van der Waals surface area contributed by atoms with Crippen molar-refractivity contribution in [3.63, 3.8) is 0 Å². The summed E-state index contributed by atoms with van der Waals surface area (Å²) in [6.45, 7) is 4.42. The van der Waals surface area contributed by atoms with Gasteiger partial charge in [-0.2, -0.15) is 0 Å². The molecule has 132 valence electrons. The number of anilines is 2. The van der Waals surface area contributed by atoms with E-state index in [1.165, 1.54) is 0 Å². The van der Waals surface area contributed by atoms with Crippen LogP contribution < -0.4 is 15.5 Å². The first kappa shape index (κ1) is 19.1. The summed E-state index contributed by atoms with van der Waals surface area (Å²) in [7, 11) is 1.82. The van der Waals surface area contributed by atoms with Gasteiger partial charge in [0.25, 0.3) is 11.8 Å². The predicted octanol–water partition coefficient (Wildman–Crippen LogP) is 2.16. The van der Waals surface area contributed by atoms with E-state index in [4.69, 9.17) is 0 Å². The van der Waals surface area contributed by atoms with Crippen LogP contribution >= 0.6 is 15.9 Å². The highest BCUT2D eigenvalue weighted by molar-refractivity contribution is 9.10. The Morgan fingerprint density at radius 1 is 0.920 bits per heavy atom. The summed E-state index contributed by atoms with van der Waals surface area (Å²) >= 11 is 3.45. The fraction of sp³-hybridized carbons (Fsp3) is 0.263. The normalized spacial score (nSPS) is 11.7. The Bertz CT molecular complexity index is 760. The number of halogens is 1. The predicted molar refractivity (Wildman–Crippen MR) is 104 cm³/mol. The van der Waals surface area contributed by atoms with Crippen molar-refractivity contribution in [2.75, 3.05) is 30.8 Å². The van der Waals surface area contributed by atoms with Crippen molar-refractivity contribution >= 4 is 39.1 Å². The minimum Gasteiger partial charge on any atom is -0.322 e.